The van der Waals surface area contributed by atoms with Gasteiger partial charge in [0.25, 0.3) is 11.4 Å². The Labute approximate surface area is 180 Å². The van der Waals surface area contributed by atoms with Crippen molar-refractivity contribution in [3.63, 3.8) is 0 Å². The molecule has 3 heterocycles. The maximum absolute atomic E-state index is 15.1. The number of rotatable bonds is 8. The summed E-state index contributed by atoms with van der Waals surface area (Å²) in [5.41, 5.74) is 4.05. The first kappa shape index (κ1) is 26.0. The van der Waals surface area contributed by atoms with Crippen LogP contribution in [-0.2, 0) is 31.6 Å². The fourth-order valence-electron chi connectivity index (χ4n) is 2.69. The van der Waals surface area contributed by atoms with E-state index in [1.54, 1.807) is 0 Å². The number of nitrogen functional groups attached to an aromatic ring is 1. The molecule has 1 aliphatic heterocycles. The van der Waals surface area contributed by atoms with Gasteiger partial charge in [0.1, 0.15) is 18.8 Å². The predicted octanol–water partition coefficient (Wildman–Crippen LogP) is -2.04. The minimum atomic E-state index is -5.88. The van der Waals surface area contributed by atoms with Crippen LogP contribution in [0.2, 0.25) is 0 Å². The van der Waals surface area contributed by atoms with E-state index in [0.717, 1.165) is 10.9 Å². The predicted molar refractivity (Wildman–Crippen MR) is 98.4 cm³/mol. The second-order valence-corrected chi connectivity index (χ2v) is 10.8. The van der Waals surface area contributed by atoms with Gasteiger partial charge in [0.15, 0.2) is 17.4 Å². The normalized spacial score (nSPS) is 29.7. The molecule has 33 heavy (non-hydrogen) atoms. The van der Waals surface area contributed by atoms with Crippen molar-refractivity contribution in [1.82, 2.24) is 19.5 Å². The van der Waals surface area contributed by atoms with E-state index < -0.39 is 59.9 Å². The fourth-order valence-corrected chi connectivity index (χ4v) is 5.73. The zero-order chi connectivity index (χ0) is 25.0. The summed E-state index contributed by atoms with van der Waals surface area (Å²) in [6, 6.07) is 0. The quantitative estimate of drug-likeness (QED) is 0.167. The highest BCUT2D eigenvalue weighted by molar-refractivity contribution is 7.66. The van der Waals surface area contributed by atoms with Gasteiger partial charge in [-0.05, 0) is 0 Å². The molecule has 3 rings (SSSR count). The lowest BCUT2D eigenvalue weighted by atomic mass is 10.1. The number of ether oxygens (including phenoxy) is 1. The molecule has 19 nitrogen and oxygen atoms in total. The maximum atomic E-state index is 15.1. The molecule has 0 aliphatic carbocycles. The van der Waals surface area contributed by atoms with E-state index in [1.165, 1.54) is 0 Å². The van der Waals surface area contributed by atoms with Gasteiger partial charge in [-0.3, -0.25) is 18.9 Å². The van der Waals surface area contributed by atoms with E-state index >= 15 is 4.39 Å². The zero-order valence-corrected chi connectivity index (χ0v) is 18.3. The molecule has 1 aliphatic rings. The summed E-state index contributed by atoms with van der Waals surface area (Å²) >= 11 is 0. The van der Waals surface area contributed by atoms with E-state index in [2.05, 4.69) is 28.1 Å². The number of anilines is 1. The highest BCUT2D eigenvalue weighted by Crippen LogP contribution is 2.66. The van der Waals surface area contributed by atoms with Gasteiger partial charge in [-0.2, -0.15) is 13.6 Å². The van der Waals surface area contributed by atoms with Crippen LogP contribution >= 0.6 is 23.5 Å². The van der Waals surface area contributed by atoms with Crippen molar-refractivity contribution in [2.45, 2.75) is 24.3 Å². The molecule has 6 unspecified atom stereocenters. The molecule has 2 aromatic rings. The summed E-state index contributed by atoms with van der Waals surface area (Å²) in [7, 11) is -17.3. The standard InChI is InChI=1S/C10H15FN5O14P3/c11-10(1-27-32(23,24)30-33(25,26)29-31(20,21)22)5(18)4(17)8(28-10)16-2-13-3-6(16)14-9(12)15-7(3)19/h2,4-5,8,17-18H,1H2,(H,23,24)(H,25,26)(H2,20,21,22)(H3,12,14,15,19). The summed E-state index contributed by atoms with van der Waals surface area (Å²) < 4.78 is 65.5. The minimum Gasteiger partial charge on any atom is -0.385 e. The van der Waals surface area contributed by atoms with Crippen molar-refractivity contribution < 1.29 is 65.8 Å². The van der Waals surface area contributed by atoms with E-state index in [4.69, 9.17) is 25.2 Å². The number of aliphatic hydroxyl groups excluding tert-OH is 2. The molecule has 186 valence electrons. The van der Waals surface area contributed by atoms with Crippen molar-refractivity contribution in [2.24, 2.45) is 0 Å². The molecule has 0 aromatic carbocycles. The highest BCUT2D eigenvalue weighted by Gasteiger charge is 2.57. The molecular weight excluding hydrogens is 526 g/mol. The van der Waals surface area contributed by atoms with Crippen LogP contribution in [0.3, 0.4) is 0 Å². The van der Waals surface area contributed by atoms with Gasteiger partial charge in [-0.1, -0.05) is 0 Å². The third-order valence-electron chi connectivity index (χ3n) is 3.94. The molecule has 6 atom stereocenters. The third-order valence-corrected chi connectivity index (χ3v) is 7.72. The number of imidazole rings is 1. The van der Waals surface area contributed by atoms with Crippen LogP contribution in [-0.4, -0.2) is 74.0 Å². The smallest absolute Gasteiger partial charge is 0.385 e. The van der Waals surface area contributed by atoms with Crippen molar-refractivity contribution in [3.05, 3.63) is 16.7 Å². The van der Waals surface area contributed by atoms with Crippen molar-refractivity contribution in [3.8, 4) is 0 Å². The fraction of sp³-hybridized carbons (Fsp3) is 0.500. The van der Waals surface area contributed by atoms with Crippen LogP contribution in [0.4, 0.5) is 10.3 Å². The Morgan fingerprint density at radius 2 is 1.85 bits per heavy atom. The molecule has 2 aromatic heterocycles. The number of hydrogen-bond donors (Lipinski definition) is 8. The number of nitrogens with one attached hydrogen (secondary N) is 1. The van der Waals surface area contributed by atoms with Crippen molar-refractivity contribution in [2.75, 3.05) is 12.3 Å². The molecule has 0 amide bonds. The average Bonchev–Trinajstić information content (AvgIpc) is 3.12. The van der Waals surface area contributed by atoms with Gasteiger partial charge < -0.3 is 40.3 Å². The number of phosphoric acid groups is 3. The Morgan fingerprint density at radius 1 is 1.21 bits per heavy atom. The highest BCUT2D eigenvalue weighted by atomic mass is 31.3. The van der Waals surface area contributed by atoms with E-state index in [9.17, 15) is 33.6 Å². The van der Waals surface area contributed by atoms with Crippen LogP contribution in [0.25, 0.3) is 11.2 Å². The number of nitrogens with zero attached hydrogens (tertiary/aromatic N) is 3. The number of nitrogens with two attached hydrogens (primary N) is 1. The van der Waals surface area contributed by atoms with Gasteiger partial charge in [-0.25, -0.2) is 23.1 Å². The lowest BCUT2D eigenvalue weighted by molar-refractivity contribution is -0.203. The monoisotopic (exact) mass is 541 g/mol. The van der Waals surface area contributed by atoms with Gasteiger partial charge in [0, 0.05) is 0 Å². The number of aromatic nitrogens is 4. The second-order valence-electron chi connectivity index (χ2n) is 6.37. The zero-order valence-electron chi connectivity index (χ0n) is 15.6. The molecule has 1 fully saturated rings. The Balaban J connectivity index is 1.79. The Kier molecular flexibility index (Phi) is 6.73. The number of aromatic amines is 1. The largest absolute Gasteiger partial charge is 0.490 e. The van der Waals surface area contributed by atoms with Crippen LogP contribution in [0.15, 0.2) is 11.1 Å². The number of phosphoric ester groups is 1. The maximum Gasteiger partial charge on any atom is 0.490 e. The van der Waals surface area contributed by atoms with Crippen LogP contribution < -0.4 is 11.3 Å². The molecular formula is C10H15FN5O14P3. The van der Waals surface area contributed by atoms with Crippen LogP contribution in [0, 0.1) is 0 Å². The first-order chi connectivity index (χ1) is 14.9. The molecule has 23 heteroatoms. The summed E-state index contributed by atoms with van der Waals surface area (Å²) in [5.74, 6) is -3.83. The topological polar surface area (TPSA) is 299 Å². The number of halogens is 1. The lowest BCUT2D eigenvalue weighted by Crippen LogP contribution is -2.42. The molecule has 0 saturated carbocycles. The van der Waals surface area contributed by atoms with E-state index in [0.29, 0.717) is 0 Å². The van der Waals surface area contributed by atoms with Gasteiger partial charge in [0.05, 0.1) is 6.33 Å². The summed E-state index contributed by atoms with van der Waals surface area (Å²) in [4.78, 5) is 56.9. The van der Waals surface area contributed by atoms with Gasteiger partial charge in [0.2, 0.25) is 5.95 Å². The van der Waals surface area contributed by atoms with E-state index in [1.807, 2.05) is 0 Å². The lowest BCUT2D eigenvalue weighted by Gasteiger charge is -2.24. The Hall–Kier alpha value is -1.63. The summed E-state index contributed by atoms with van der Waals surface area (Å²) in [6.45, 7) is -1.71. The minimum absolute atomic E-state index is 0.287. The molecule has 1 saturated heterocycles. The van der Waals surface area contributed by atoms with Crippen LogP contribution in [0.1, 0.15) is 6.23 Å². The van der Waals surface area contributed by atoms with Crippen molar-refractivity contribution >= 4 is 40.6 Å². The number of hydrogen-bond acceptors (Lipinski definition) is 13. The summed E-state index contributed by atoms with van der Waals surface area (Å²) in [6.07, 6.45) is -5.50. The summed E-state index contributed by atoms with van der Waals surface area (Å²) in [5, 5.41) is 20.2. The Morgan fingerprint density at radius 3 is 2.45 bits per heavy atom. The first-order valence-electron chi connectivity index (χ1n) is 8.17. The molecule has 0 radical (unpaired) electrons. The SMILES string of the molecule is Nc1nc2c(ncn2C2OC(F)(COP(=O)(O)OP(=O)(O)OP(=O)(O)O)C(O)C2O)c(=O)[nH]1. The molecule has 0 spiro atoms. The molecule has 9 N–H and O–H groups in total. The van der Waals surface area contributed by atoms with Crippen molar-refractivity contribution in [1.29, 1.82) is 0 Å². The number of H-pyrrole nitrogens is 1. The number of alkyl halides is 1. The van der Waals surface area contributed by atoms with E-state index in [-0.39, 0.29) is 17.1 Å². The first-order valence-corrected chi connectivity index (χ1v) is 12.7. The third kappa shape index (κ3) is 5.72. The number of fused-ring (bicyclic) bond motifs is 1. The average molecular weight is 541 g/mol. The van der Waals surface area contributed by atoms with Gasteiger partial charge >= 0.3 is 23.5 Å². The van der Waals surface area contributed by atoms with Gasteiger partial charge in [-0.15, -0.1) is 0 Å². The second kappa shape index (κ2) is 8.54. The number of aliphatic hydroxyl groups is 2. The van der Waals surface area contributed by atoms with Crippen LogP contribution in [0.5, 0.6) is 0 Å². The Bertz CT molecular complexity index is 1260. The molecule has 0 bridgehead atoms.